The van der Waals surface area contributed by atoms with Crippen LogP contribution in [-0.4, -0.2) is 24.3 Å². The first-order valence-electron chi connectivity index (χ1n) is 6.54. The Kier molecular flexibility index (Phi) is 4.42. The summed E-state index contributed by atoms with van der Waals surface area (Å²) in [6.45, 7) is 4.91. The Morgan fingerprint density at radius 1 is 1.27 bits per heavy atom. The molecule has 22 heavy (non-hydrogen) atoms. The zero-order valence-corrected chi connectivity index (χ0v) is 13.0. The molecule has 0 aromatic heterocycles. The van der Waals surface area contributed by atoms with Crippen molar-refractivity contribution < 1.29 is 28.2 Å². The molecule has 0 bridgehead atoms. The van der Waals surface area contributed by atoms with Crippen molar-refractivity contribution in [1.29, 1.82) is 0 Å². The van der Waals surface area contributed by atoms with Gasteiger partial charge < -0.3 is 14.2 Å². The molecule has 0 atom stereocenters. The number of rotatable bonds is 3. The van der Waals surface area contributed by atoms with E-state index < -0.39 is 29.1 Å². The van der Waals surface area contributed by atoms with E-state index in [2.05, 4.69) is 0 Å². The summed E-state index contributed by atoms with van der Waals surface area (Å²) < 4.78 is 29.2. The number of benzene rings is 1. The molecule has 1 fully saturated rings. The van der Waals surface area contributed by atoms with Crippen LogP contribution in [0.5, 0.6) is 5.75 Å². The molecule has 1 heterocycles. The van der Waals surface area contributed by atoms with E-state index in [1.165, 1.54) is 26.0 Å². The normalized spacial score (nSPS) is 16.9. The highest BCUT2D eigenvalue weighted by Crippen LogP contribution is 2.31. The zero-order chi connectivity index (χ0) is 16.5. The maximum atomic E-state index is 14.2. The van der Waals surface area contributed by atoms with Crippen molar-refractivity contribution in [3.8, 4) is 5.75 Å². The van der Waals surface area contributed by atoms with Gasteiger partial charge in [0.1, 0.15) is 16.3 Å². The van der Waals surface area contributed by atoms with E-state index in [0.717, 1.165) is 6.08 Å². The summed E-state index contributed by atoms with van der Waals surface area (Å²) in [6.07, 6.45) is 1.04. The highest BCUT2D eigenvalue weighted by atomic mass is 35.5. The lowest BCUT2D eigenvalue weighted by Gasteiger charge is -2.29. The monoisotopic (exact) mass is 328 g/mol. The zero-order valence-electron chi connectivity index (χ0n) is 12.2. The minimum Gasteiger partial charge on any atom is -0.492 e. The number of ether oxygens (including phenoxy) is 3. The molecule has 1 aliphatic heterocycles. The van der Waals surface area contributed by atoms with Gasteiger partial charge in [0.25, 0.3) is 5.79 Å². The summed E-state index contributed by atoms with van der Waals surface area (Å²) in [5.41, 5.74) is -0.449. The van der Waals surface area contributed by atoms with Crippen LogP contribution in [0.2, 0.25) is 5.02 Å². The van der Waals surface area contributed by atoms with E-state index in [0.29, 0.717) is 6.61 Å². The van der Waals surface area contributed by atoms with Gasteiger partial charge in [0.15, 0.2) is 5.82 Å². The third-order valence-electron chi connectivity index (χ3n) is 2.79. The second kappa shape index (κ2) is 5.96. The predicted molar refractivity (Wildman–Crippen MR) is 76.8 cm³/mol. The molecule has 1 saturated heterocycles. The quantitative estimate of drug-likeness (QED) is 0.485. The second-order valence-electron chi connectivity index (χ2n) is 4.95. The maximum Gasteiger partial charge on any atom is 0.348 e. The van der Waals surface area contributed by atoms with Crippen LogP contribution in [0.3, 0.4) is 0 Å². The largest absolute Gasteiger partial charge is 0.492 e. The summed E-state index contributed by atoms with van der Waals surface area (Å²) in [7, 11) is 0. The number of esters is 2. The van der Waals surface area contributed by atoms with Crippen LogP contribution in [0.15, 0.2) is 17.7 Å². The fourth-order valence-electron chi connectivity index (χ4n) is 1.86. The molecule has 118 valence electrons. The molecule has 1 aromatic carbocycles. The van der Waals surface area contributed by atoms with Crippen LogP contribution in [0.1, 0.15) is 26.3 Å². The lowest BCUT2D eigenvalue weighted by molar-refractivity contribution is -0.222. The van der Waals surface area contributed by atoms with Gasteiger partial charge in [0.2, 0.25) is 0 Å². The van der Waals surface area contributed by atoms with Crippen LogP contribution < -0.4 is 4.74 Å². The van der Waals surface area contributed by atoms with Gasteiger partial charge in [-0.1, -0.05) is 11.6 Å². The Morgan fingerprint density at radius 3 is 2.41 bits per heavy atom. The molecule has 1 aromatic rings. The molecule has 2 rings (SSSR count). The topological polar surface area (TPSA) is 61.8 Å². The Balaban J connectivity index is 2.39. The van der Waals surface area contributed by atoms with Gasteiger partial charge in [-0.25, -0.2) is 14.0 Å². The number of cyclic esters (lactones) is 2. The predicted octanol–water partition coefficient (Wildman–Crippen LogP) is 3.10. The Labute approximate surface area is 131 Å². The number of carbonyl (C=O) groups is 2. The minimum absolute atomic E-state index is 0.0444. The highest BCUT2D eigenvalue weighted by Gasteiger charge is 2.39. The van der Waals surface area contributed by atoms with Gasteiger partial charge in [0.05, 0.1) is 6.61 Å². The first-order valence-corrected chi connectivity index (χ1v) is 6.92. The SMILES string of the molecule is CCOc1ccc(C=C2C(=O)OC(C)(C)OC2=O)c(F)c1Cl. The fraction of sp³-hybridized carbons (Fsp3) is 0.333. The standard InChI is InChI=1S/C15H14ClFO5/c1-4-20-10-6-5-8(12(17)11(10)16)7-9-13(18)21-15(2,3)22-14(9)19/h5-7H,4H2,1-3H3. The summed E-state index contributed by atoms with van der Waals surface area (Å²) in [5, 5.41) is -0.228. The summed E-state index contributed by atoms with van der Waals surface area (Å²) in [5.74, 6) is -3.74. The van der Waals surface area contributed by atoms with E-state index >= 15 is 0 Å². The fourth-order valence-corrected chi connectivity index (χ4v) is 2.09. The Bertz CT molecular complexity index is 644. The van der Waals surface area contributed by atoms with Crippen LogP contribution in [0.25, 0.3) is 6.08 Å². The van der Waals surface area contributed by atoms with Crippen molar-refractivity contribution in [3.63, 3.8) is 0 Å². The van der Waals surface area contributed by atoms with Gasteiger partial charge in [-0.15, -0.1) is 0 Å². The molecule has 0 unspecified atom stereocenters. The van der Waals surface area contributed by atoms with Crippen molar-refractivity contribution in [3.05, 3.63) is 34.1 Å². The highest BCUT2D eigenvalue weighted by molar-refractivity contribution is 6.32. The molecule has 0 saturated carbocycles. The van der Waals surface area contributed by atoms with Crippen LogP contribution in [0, 0.1) is 5.82 Å². The number of carbonyl (C=O) groups excluding carboxylic acids is 2. The lowest BCUT2D eigenvalue weighted by Crippen LogP contribution is -2.41. The molecule has 0 radical (unpaired) electrons. The number of hydrogen-bond acceptors (Lipinski definition) is 5. The third-order valence-corrected chi connectivity index (χ3v) is 3.15. The molecule has 7 heteroatoms. The van der Waals surface area contributed by atoms with Gasteiger partial charge >= 0.3 is 11.9 Å². The van der Waals surface area contributed by atoms with Crippen molar-refractivity contribution in [1.82, 2.24) is 0 Å². The molecule has 0 spiro atoms. The lowest BCUT2D eigenvalue weighted by atomic mass is 10.1. The van der Waals surface area contributed by atoms with Crippen LogP contribution in [-0.2, 0) is 19.1 Å². The molecular weight excluding hydrogens is 315 g/mol. The van der Waals surface area contributed by atoms with E-state index in [9.17, 15) is 14.0 Å². The summed E-state index contributed by atoms with van der Waals surface area (Å²) in [4.78, 5) is 23.6. The molecule has 0 amide bonds. The number of hydrogen-bond donors (Lipinski definition) is 0. The Hall–Kier alpha value is -2.08. The van der Waals surface area contributed by atoms with Crippen molar-refractivity contribution in [2.45, 2.75) is 26.6 Å². The molecule has 0 aliphatic carbocycles. The van der Waals surface area contributed by atoms with E-state index in [1.807, 2.05) is 0 Å². The van der Waals surface area contributed by atoms with Crippen molar-refractivity contribution >= 4 is 29.6 Å². The van der Waals surface area contributed by atoms with E-state index in [4.69, 9.17) is 25.8 Å². The van der Waals surface area contributed by atoms with Gasteiger partial charge in [-0.05, 0) is 25.1 Å². The smallest absolute Gasteiger partial charge is 0.348 e. The minimum atomic E-state index is -1.35. The summed E-state index contributed by atoms with van der Waals surface area (Å²) in [6, 6.07) is 2.80. The van der Waals surface area contributed by atoms with Crippen molar-refractivity contribution in [2.24, 2.45) is 0 Å². The molecule has 0 N–H and O–H groups in total. The van der Waals surface area contributed by atoms with E-state index in [1.54, 1.807) is 6.92 Å². The van der Waals surface area contributed by atoms with Gasteiger partial charge in [0, 0.05) is 19.4 Å². The average molecular weight is 329 g/mol. The molecule has 1 aliphatic rings. The molecule has 5 nitrogen and oxygen atoms in total. The second-order valence-corrected chi connectivity index (χ2v) is 5.33. The maximum absolute atomic E-state index is 14.2. The number of halogens is 2. The Morgan fingerprint density at radius 2 is 1.86 bits per heavy atom. The third kappa shape index (κ3) is 3.22. The van der Waals surface area contributed by atoms with Crippen LogP contribution in [0.4, 0.5) is 4.39 Å². The summed E-state index contributed by atoms with van der Waals surface area (Å²) >= 11 is 5.85. The average Bonchev–Trinajstić information content (AvgIpc) is 2.40. The van der Waals surface area contributed by atoms with Gasteiger partial charge in [-0.3, -0.25) is 0 Å². The first-order chi connectivity index (χ1) is 10.2. The van der Waals surface area contributed by atoms with E-state index in [-0.39, 0.29) is 16.3 Å². The first kappa shape index (κ1) is 16.3. The molecular formula is C15H14ClFO5. The van der Waals surface area contributed by atoms with Crippen molar-refractivity contribution in [2.75, 3.05) is 6.61 Å². The van der Waals surface area contributed by atoms with Crippen LogP contribution >= 0.6 is 11.6 Å². The van der Waals surface area contributed by atoms with Gasteiger partial charge in [-0.2, -0.15) is 0 Å².